The lowest BCUT2D eigenvalue weighted by atomic mass is 10.1. The maximum Gasteiger partial charge on any atom is 0.357 e. The van der Waals surface area contributed by atoms with Crippen LogP contribution in [0, 0.1) is 0 Å². The smallest absolute Gasteiger partial charge is 0.357 e. The van der Waals surface area contributed by atoms with Gasteiger partial charge in [0.2, 0.25) is 5.91 Å². The molecule has 0 bridgehead atoms. The van der Waals surface area contributed by atoms with E-state index in [1.165, 1.54) is 0 Å². The maximum absolute atomic E-state index is 12.2. The highest BCUT2D eigenvalue weighted by atomic mass is 16.4. The Balaban J connectivity index is 1.75. The zero-order valence-corrected chi connectivity index (χ0v) is 12.7. The van der Waals surface area contributed by atoms with E-state index in [9.17, 15) is 9.59 Å². The molecule has 0 radical (unpaired) electrons. The first-order chi connectivity index (χ1) is 11.5. The Kier molecular flexibility index (Phi) is 4.26. The number of nitrogens with two attached hydrogens (primary N) is 1. The normalized spacial score (nSPS) is 12.0. The number of carbonyl (C=O) groups excluding carboxylic acids is 1. The van der Waals surface area contributed by atoms with E-state index in [1.54, 1.807) is 18.2 Å². The topological polar surface area (TPSA) is 121 Å². The number of aromatic nitrogens is 2. The molecule has 1 aromatic heterocycles. The first-order valence-corrected chi connectivity index (χ1v) is 7.36. The zero-order valence-electron chi connectivity index (χ0n) is 12.7. The number of benzene rings is 2. The van der Waals surface area contributed by atoms with Crippen LogP contribution in [0.25, 0.3) is 10.9 Å². The van der Waals surface area contributed by atoms with Gasteiger partial charge in [-0.05, 0) is 30.2 Å². The molecule has 0 aliphatic rings. The number of aromatic carboxylic acids is 1. The number of carbonyl (C=O) groups is 2. The summed E-state index contributed by atoms with van der Waals surface area (Å²) in [6, 6.07) is 13.7. The number of carboxylic acid groups (broad SMARTS) is 1. The Bertz CT molecular complexity index is 889. The standard InChI is InChI=1S/C17H16N4O3/c18-13(8-10-4-2-1-3-5-10)16(22)19-11-6-7-14-12(9-11)15(17(23)24)21-20-14/h1-7,9,13H,8,18H2,(H,19,22)(H,20,21)(H,23,24)/t13-/m0/s1. The first kappa shape index (κ1) is 15.7. The molecule has 0 aliphatic carbocycles. The average molecular weight is 324 g/mol. The Morgan fingerprint density at radius 3 is 2.67 bits per heavy atom. The van der Waals surface area contributed by atoms with Gasteiger partial charge in [0.1, 0.15) is 0 Å². The monoisotopic (exact) mass is 324 g/mol. The number of carboxylic acids is 1. The number of fused-ring (bicyclic) bond motifs is 1. The van der Waals surface area contributed by atoms with Crippen LogP contribution in [0.3, 0.4) is 0 Å². The number of H-pyrrole nitrogens is 1. The molecular weight excluding hydrogens is 308 g/mol. The lowest BCUT2D eigenvalue weighted by Crippen LogP contribution is -2.37. The van der Waals surface area contributed by atoms with E-state index in [0.29, 0.717) is 23.0 Å². The second-order valence-corrected chi connectivity index (χ2v) is 5.42. The molecule has 3 rings (SSSR count). The molecule has 3 aromatic rings. The van der Waals surface area contributed by atoms with Gasteiger partial charge in [0, 0.05) is 11.1 Å². The largest absolute Gasteiger partial charge is 0.476 e. The SMILES string of the molecule is N[C@@H](Cc1ccccc1)C(=O)Nc1ccc2[nH]nc(C(=O)O)c2c1. The lowest BCUT2D eigenvalue weighted by molar-refractivity contribution is -0.117. The average Bonchev–Trinajstić information content (AvgIpc) is 2.99. The van der Waals surface area contributed by atoms with Crippen molar-refractivity contribution < 1.29 is 14.7 Å². The van der Waals surface area contributed by atoms with Crippen LogP contribution in [0.5, 0.6) is 0 Å². The number of nitrogens with one attached hydrogen (secondary N) is 2. The Morgan fingerprint density at radius 1 is 1.21 bits per heavy atom. The van der Waals surface area contributed by atoms with Crippen molar-refractivity contribution in [2.24, 2.45) is 5.73 Å². The summed E-state index contributed by atoms with van der Waals surface area (Å²) in [7, 11) is 0. The molecule has 24 heavy (non-hydrogen) atoms. The van der Waals surface area contributed by atoms with Gasteiger partial charge in [-0.25, -0.2) is 4.79 Å². The number of aromatic amines is 1. The van der Waals surface area contributed by atoms with Crippen molar-refractivity contribution in [1.29, 1.82) is 0 Å². The van der Waals surface area contributed by atoms with Crippen molar-refractivity contribution in [3.05, 3.63) is 59.8 Å². The molecule has 1 atom stereocenters. The summed E-state index contributed by atoms with van der Waals surface area (Å²) in [5.74, 6) is -1.47. The van der Waals surface area contributed by atoms with E-state index in [-0.39, 0.29) is 11.6 Å². The molecule has 5 N–H and O–H groups in total. The van der Waals surface area contributed by atoms with E-state index >= 15 is 0 Å². The molecule has 0 fully saturated rings. The second kappa shape index (κ2) is 6.51. The highest BCUT2D eigenvalue weighted by Crippen LogP contribution is 2.21. The summed E-state index contributed by atoms with van der Waals surface area (Å²) in [6.07, 6.45) is 0.418. The van der Waals surface area contributed by atoms with Crippen molar-refractivity contribution >= 4 is 28.5 Å². The Hall–Kier alpha value is -3.19. The molecule has 0 saturated carbocycles. The molecule has 0 spiro atoms. The summed E-state index contributed by atoms with van der Waals surface area (Å²) in [6.45, 7) is 0. The number of hydrogen-bond donors (Lipinski definition) is 4. The quantitative estimate of drug-likeness (QED) is 0.570. The van der Waals surface area contributed by atoms with Gasteiger partial charge in [0.25, 0.3) is 0 Å². The van der Waals surface area contributed by atoms with Crippen LogP contribution in [0.4, 0.5) is 5.69 Å². The summed E-state index contributed by atoms with van der Waals surface area (Å²) >= 11 is 0. The first-order valence-electron chi connectivity index (χ1n) is 7.36. The summed E-state index contributed by atoms with van der Waals surface area (Å²) in [4.78, 5) is 23.4. The molecule has 1 amide bonds. The Morgan fingerprint density at radius 2 is 1.96 bits per heavy atom. The summed E-state index contributed by atoms with van der Waals surface area (Å²) in [5, 5.41) is 18.6. The van der Waals surface area contributed by atoms with E-state index < -0.39 is 12.0 Å². The number of anilines is 1. The second-order valence-electron chi connectivity index (χ2n) is 5.42. The van der Waals surface area contributed by atoms with Gasteiger partial charge in [0.05, 0.1) is 11.6 Å². The molecule has 0 aliphatic heterocycles. The summed E-state index contributed by atoms with van der Waals surface area (Å²) in [5.41, 5.74) is 7.88. The van der Waals surface area contributed by atoms with E-state index in [2.05, 4.69) is 15.5 Å². The number of nitrogens with zero attached hydrogens (tertiary/aromatic N) is 1. The fourth-order valence-electron chi connectivity index (χ4n) is 2.45. The van der Waals surface area contributed by atoms with Gasteiger partial charge in [-0.15, -0.1) is 0 Å². The van der Waals surface area contributed by atoms with Gasteiger partial charge in [-0.3, -0.25) is 9.89 Å². The zero-order chi connectivity index (χ0) is 17.1. The minimum atomic E-state index is -1.13. The van der Waals surface area contributed by atoms with Crippen LogP contribution in [-0.4, -0.2) is 33.2 Å². The van der Waals surface area contributed by atoms with Crippen molar-refractivity contribution in [1.82, 2.24) is 10.2 Å². The fourth-order valence-corrected chi connectivity index (χ4v) is 2.45. The van der Waals surface area contributed by atoms with E-state index in [0.717, 1.165) is 5.56 Å². The third kappa shape index (κ3) is 3.26. The Labute approximate surface area is 137 Å². The van der Waals surface area contributed by atoms with E-state index in [4.69, 9.17) is 10.8 Å². The van der Waals surface area contributed by atoms with Gasteiger partial charge >= 0.3 is 5.97 Å². The van der Waals surface area contributed by atoms with Crippen LogP contribution in [-0.2, 0) is 11.2 Å². The number of rotatable bonds is 5. The van der Waals surface area contributed by atoms with Crippen molar-refractivity contribution in [2.45, 2.75) is 12.5 Å². The molecule has 0 saturated heterocycles. The van der Waals surface area contributed by atoms with E-state index in [1.807, 2.05) is 30.3 Å². The van der Waals surface area contributed by atoms with Crippen LogP contribution < -0.4 is 11.1 Å². The minimum absolute atomic E-state index is 0.0883. The van der Waals surface area contributed by atoms with Crippen molar-refractivity contribution in [2.75, 3.05) is 5.32 Å². The minimum Gasteiger partial charge on any atom is -0.476 e. The van der Waals surface area contributed by atoms with Gasteiger partial charge in [-0.2, -0.15) is 5.10 Å². The third-order valence-electron chi connectivity index (χ3n) is 3.67. The van der Waals surface area contributed by atoms with Crippen LogP contribution in [0.2, 0.25) is 0 Å². The maximum atomic E-state index is 12.2. The highest BCUT2D eigenvalue weighted by molar-refractivity contribution is 6.03. The fraction of sp³-hybridized carbons (Fsp3) is 0.118. The summed E-state index contributed by atoms with van der Waals surface area (Å²) < 4.78 is 0. The van der Waals surface area contributed by atoms with Crippen LogP contribution in [0.1, 0.15) is 16.1 Å². The van der Waals surface area contributed by atoms with Gasteiger partial charge < -0.3 is 16.2 Å². The molecule has 0 unspecified atom stereocenters. The lowest BCUT2D eigenvalue weighted by Gasteiger charge is -2.12. The predicted octanol–water partition coefficient (Wildman–Crippen LogP) is 1.77. The highest BCUT2D eigenvalue weighted by Gasteiger charge is 2.16. The molecule has 2 aromatic carbocycles. The number of amides is 1. The van der Waals surface area contributed by atoms with Crippen molar-refractivity contribution in [3.63, 3.8) is 0 Å². The van der Waals surface area contributed by atoms with Crippen LogP contribution in [0.15, 0.2) is 48.5 Å². The molecule has 122 valence electrons. The van der Waals surface area contributed by atoms with Gasteiger partial charge in [0.15, 0.2) is 5.69 Å². The molecule has 7 heteroatoms. The third-order valence-corrected chi connectivity index (χ3v) is 3.67. The van der Waals surface area contributed by atoms with Gasteiger partial charge in [-0.1, -0.05) is 30.3 Å². The van der Waals surface area contributed by atoms with Crippen LogP contribution >= 0.6 is 0 Å². The molecule has 1 heterocycles. The number of hydrogen-bond acceptors (Lipinski definition) is 4. The van der Waals surface area contributed by atoms with Crippen molar-refractivity contribution in [3.8, 4) is 0 Å². The molecular formula is C17H16N4O3. The molecule has 7 nitrogen and oxygen atoms in total. The predicted molar refractivity (Wildman–Crippen MR) is 89.8 cm³/mol.